The van der Waals surface area contributed by atoms with Crippen molar-refractivity contribution < 1.29 is 4.79 Å². The molecule has 0 aliphatic carbocycles. The van der Waals surface area contributed by atoms with Gasteiger partial charge in [0.1, 0.15) is 0 Å². The Hall–Kier alpha value is -3.21. The highest BCUT2D eigenvalue weighted by molar-refractivity contribution is 5.98. The smallest absolute Gasteiger partial charge is 0.251 e. The molecule has 2 aromatic heterocycles. The molecule has 0 spiro atoms. The second kappa shape index (κ2) is 5.77. The molecule has 5 heteroatoms. The van der Waals surface area contributed by atoms with Crippen molar-refractivity contribution >= 4 is 22.3 Å². The first-order valence-corrected chi connectivity index (χ1v) is 7.82. The first-order chi connectivity index (χ1) is 11.7. The number of hydrogen-bond donors (Lipinski definition) is 1. The van der Waals surface area contributed by atoms with Gasteiger partial charge in [0.2, 0.25) is 0 Å². The van der Waals surface area contributed by atoms with Crippen LogP contribution in [0.2, 0.25) is 0 Å². The fourth-order valence-corrected chi connectivity index (χ4v) is 2.83. The number of hydrogen-bond acceptors (Lipinski definition) is 3. The highest BCUT2D eigenvalue weighted by atomic mass is 16.1. The van der Waals surface area contributed by atoms with Crippen LogP contribution in [0.15, 0.2) is 66.9 Å². The van der Waals surface area contributed by atoms with Crippen LogP contribution in [0, 0.1) is 0 Å². The summed E-state index contributed by atoms with van der Waals surface area (Å²) in [4.78, 5) is 12.6. The van der Waals surface area contributed by atoms with Gasteiger partial charge < -0.3 is 5.32 Å². The molecule has 0 aliphatic rings. The molecule has 1 unspecified atom stereocenters. The van der Waals surface area contributed by atoms with Crippen molar-refractivity contribution in [2.75, 3.05) is 0 Å². The highest BCUT2D eigenvalue weighted by Gasteiger charge is 2.16. The van der Waals surface area contributed by atoms with Crippen LogP contribution in [0.1, 0.15) is 29.1 Å². The lowest BCUT2D eigenvalue weighted by atomic mass is 10.1. The third-order valence-electron chi connectivity index (χ3n) is 4.09. The van der Waals surface area contributed by atoms with E-state index in [9.17, 15) is 4.79 Å². The van der Waals surface area contributed by atoms with Crippen molar-refractivity contribution in [1.82, 2.24) is 19.9 Å². The van der Waals surface area contributed by atoms with Gasteiger partial charge in [0.25, 0.3) is 5.91 Å². The lowest BCUT2D eigenvalue weighted by molar-refractivity contribution is 0.0938. The Kier molecular flexibility index (Phi) is 3.46. The van der Waals surface area contributed by atoms with Crippen LogP contribution in [0.3, 0.4) is 0 Å². The van der Waals surface area contributed by atoms with E-state index in [0.29, 0.717) is 11.4 Å². The highest BCUT2D eigenvalue weighted by Crippen LogP contribution is 2.17. The van der Waals surface area contributed by atoms with Gasteiger partial charge in [-0.3, -0.25) is 9.20 Å². The number of fused-ring (bicyclic) bond motifs is 2. The third kappa shape index (κ3) is 2.50. The van der Waals surface area contributed by atoms with Crippen LogP contribution in [-0.4, -0.2) is 20.5 Å². The third-order valence-corrected chi connectivity index (χ3v) is 4.09. The summed E-state index contributed by atoms with van der Waals surface area (Å²) in [6, 6.07) is 19.1. The molecule has 4 rings (SSSR count). The van der Waals surface area contributed by atoms with Crippen molar-refractivity contribution in [3.63, 3.8) is 0 Å². The van der Waals surface area contributed by atoms with E-state index in [4.69, 9.17) is 0 Å². The topological polar surface area (TPSA) is 59.3 Å². The van der Waals surface area contributed by atoms with E-state index in [2.05, 4.69) is 15.5 Å². The molecule has 4 aromatic rings. The number of nitrogens with one attached hydrogen (secondary N) is 1. The number of pyridine rings is 1. The summed E-state index contributed by atoms with van der Waals surface area (Å²) in [7, 11) is 0. The molecular weight excluding hydrogens is 300 g/mol. The maximum absolute atomic E-state index is 12.6. The van der Waals surface area contributed by atoms with E-state index in [0.717, 1.165) is 16.4 Å². The fourth-order valence-electron chi connectivity index (χ4n) is 2.83. The minimum Gasteiger partial charge on any atom is -0.342 e. The molecule has 118 valence electrons. The van der Waals surface area contributed by atoms with Gasteiger partial charge in [0, 0.05) is 11.8 Å². The van der Waals surface area contributed by atoms with Gasteiger partial charge in [-0.2, -0.15) is 0 Å². The molecule has 0 saturated carbocycles. The summed E-state index contributed by atoms with van der Waals surface area (Å²) in [6.07, 6.45) is 1.89. The largest absolute Gasteiger partial charge is 0.342 e. The van der Waals surface area contributed by atoms with Gasteiger partial charge in [0.05, 0.1) is 6.04 Å². The van der Waals surface area contributed by atoms with Gasteiger partial charge in [-0.25, -0.2) is 0 Å². The SMILES string of the molecule is CC(NC(=O)c1ccc2ccccc2c1)c1nnc2ccccn12. The molecule has 1 N–H and O–H groups in total. The van der Waals surface area contributed by atoms with Crippen LogP contribution in [0.4, 0.5) is 0 Å². The molecule has 2 aromatic carbocycles. The number of carbonyl (C=O) groups is 1. The number of benzene rings is 2. The maximum atomic E-state index is 12.6. The van der Waals surface area contributed by atoms with Crippen LogP contribution in [0.25, 0.3) is 16.4 Å². The molecule has 0 aliphatic heterocycles. The van der Waals surface area contributed by atoms with Crippen LogP contribution >= 0.6 is 0 Å². The minimum atomic E-state index is -0.249. The fraction of sp³-hybridized carbons (Fsp3) is 0.105. The Labute approximate surface area is 139 Å². The lowest BCUT2D eigenvalue weighted by Gasteiger charge is -2.12. The standard InChI is InChI=1S/C19H16N4O/c1-13(18-22-21-17-8-4-5-11-23(17)18)20-19(24)16-10-9-14-6-2-3-7-15(14)12-16/h2-13H,1H3,(H,20,24). The number of nitrogens with zero attached hydrogens (tertiary/aromatic N) is 3. The van der Waals surface area contributed by atoms with E-state index in [1.54, 1.807) is 0 Å². The number of carbonyl (C=O) groups excluding carboxylic acids is 1. The van der Waals surface area contributed by atoms with Crippen molar-refractivity contribution in [1.29, 1.82) is 0 Å². The van der Waals surface area contributed by atoms with E-state index in [-0.39, 0.29) is 11.9 Å². The first-order valence-electron chi connectivity index (χ1n) is 7.82. The molecule has 1 atom stereocenters. The minimum absolute atomic E-state index is 0.124. The van der Waals surface area contributed by atoms with Crippen LogP contribution < -0.4 is 5.32 Å². The van der Waals surface area contributed by atoms with Gasteiger partial charge >= 0.3 is 0 Å². The monoisotopic (exact) mass is 316 g/mol. The van der Waals surface area contributed by atoms with Crippen molar-refractivity contribution in [3.8, 4) is 0 Å². The molecule has 0 bridgehead atoms. The Balaban J connectivity index is 1.60. The van der Waals surface area contributed by atoms with E-state index >= 15 is 0 Å². The maximum Gasteiger partial charge on any atom is 0.251 e. The first kappa shape index (κ1) is 14.4. The second-order valence-corrected chi connectivity index (χ2v) is 5.74. The molecule has 5 nitrogen and oxygen atoms in total. The summed E-state index contributed by atoms with van der Waals surface area (Å²) in [5.41, 5.74) is 1.40. The summed E-state index contributed by atoms with van der Waals surface area (Å²) < 4.78 is 1.88. The molecule has 2 heterocycles. The summed E-state index contributed by atoms with van der Waals surface area (Å²) >= 11 is 0. The number of rotatable bonds is 3. The van der Waals surface area contributed by atoms with Crippen LogP contribution in [-0.2, 0) is 0 Å². The molecule has 0 radical (unpaired) electrons. The number of amides is 1. The second-order valence-electron chi connectivity index (χ2n) is 5.74. The summed E-state index contributed by atoms with van der Waals surface area (Å²) in [6.45, 7) is 1.91. The van der Waals surface area contributed by atoms with Crippen LogP contribution in [0.5, 0.6) is 0 Å². The van der Waals surface area contributed by atoms with E-state index in [1.165, 1.54) is 0 Å². The average molecular weight is 316 g/mol. The summed E-state index contributed by atoms with van der Waals surface area (Å²) in [5.74, 6) is 0.584. The molecule has 24 heavy (non-hydrogen) atoms. The Morgan fingerprint density at radius 2 is 1.79 bits per heavy atom. The van der Waals surface area contributed by atoms with Gasteiger partial charge in [-0.1, -0.05) is 36.4 Å². The van der Waals surface area contributed by atoms with Crippen molar-refractivity contribution in [2.24, 2.45) is 0 Å². The predicted molar refractivity (Wildman–Crippen MR) is 92.8 cm³/mol. The quantitative estimate of drug-likeness (QED) is 0.630. The van der Waals surface area contributed by atoms with Crippen molar-refractivity contribution in [2.45, 2.75) is 13.0 Å². The lowest BCUT2D eigenvalue weighted by Crippen LogP contribution is -2.28. The average Bonchev–Trinajstić information content (AvgIpc) is 3.05. The van der Waals surface area contributed by atoms with E-state index in [1.807, 2.05) is 78.2 Å². The van der Waals surface area contributed by atoms with Gasteiger partial charge in [-0.05, 0) is 42.0 Å². The Morgan fingerprint density at radius 1 is 1.00 bits per heavy atom. The Bertz CT molecular complexity index is 1040. The zero-order valence-electron chi connectivity index (χ0n) is 13.2. The zero-order valence-corrected chi connectivity index (χ0v) is 13.2. The molecule has 1 amide bonds. The zero-order chi connectivity index (χ0) is 16.5. The molecular formula is C19H16N4O. The normalized spacial score (nSPS) is 12.4. The van der Waals surface area contributed by atoms with Crippen molar-refractivity contribution in [3.05, 3.63) is 78.2 Å². The van der Waals surface area contributed by atoms with Gasteiger partial charge in [-0.15, -0.1) is 10.2 Å². The predicted octanol–water partition coefficient (Wildman–Crippen LogP) is 3.37. The Morgan fingerprint density at radius 3 is 2.67 bits per heavy atom. The summed E-state index contributed by atoms with van der Waals surface area (Å²) in [5, 5.41) is 13.5. The van der Waals surface area contributed by atoms with Gasteiger partial charge in [0.15, 0.2) is 11.5 Å². The molecule has 0 fully saturated rings. The molecule has 0 saturated heterocycles. The van der Waals surface area contributed by atoms with E-state index < -0.39 is 0 Å². The number of aromatic nitrogens is 3.